The molecule has 0 bridgehead atoms. The Kier molecular flexibility index (Phi) is 4.25. The molecule has 0 unspecified atom stereocenters. The van der Waals surface area contributed by atoms with Gasteiger partial charge < -0.3 is 5.32 Å². The van der Waals surface area contributed by atoms with E-state index in [1.807, 2.05) is 18.2 Å². The summed E-state index contributed by atoms with van der Waals surface area (Å²) >= 11 is 0. The van der Waals surface area contributed by atoms with Gasteiger partial charge >= 0.3 is 6.03 Å². The lowest BCUT2D eigenvalue weighted by Gasteiger charge is -2.28. The summed E-state index contributed by atoms with van der Waals surface area (Å²) in [7, 11) is 0. The summed E-state index contributed by atoms with van der Waals surface area (Å²) in [5, 5.41) is 9.25. The molecule has 0 aliphatic carbocycles. The first-order valence-corrected chi connectivity index (χ1v) is 8.40. The quantitative estimate of drug-likeness (QED) is 0.721. The molecule has 3 aromatic rings. The predicted octanol–water partition coefficient (Wildman–Crippen LogP) is 1.11. The van der Waals surface area contributed by atoms with Crippen LogP contribution in [-0.2, 0) is 11.3 Å². The van der Waals surface area contributed by atoms with Crippen molar-refractivity contribution in [2.45, 2.75) is 13.0 Å². The molecular weight excluding hydrogens is 348 g/mol. The molecule has 9 nitrogen and oxygen atoms in total. The summed E-state index contributed by atoms with van der Waals surface area (Å²) < 4.78 is 1.65. The number of nitrogens with one attached hydrogen (secondary N) is 2. The number of hydrogen-bond acceptors (Lipinski definition) is 5. The number of aromatic nitrogens is 3. The Morgan fingerprint density at radius 1 is 1.15 bits per heavy atom. The maximum atomic E-state index is 12.7. The molecule has 3 heterocycles. The maximum absolute atomic E-state index is 12.7. The minimum atomic E-state index is -0.529. The number of carbonyl (C=O) groups excluding carboxylic acids is 3. The highest BCUT2D eigenvalue weighted by molar-refractivity contribution is 6.09. The third-order valence-corrected chi connectivity index (χ3v) is 4.30. The smallest absolute Gasteiger partial charge is 0.328 e. The molecule has 2 aromatic heterocycles. The van der Waals surface area contributed by atoms with Gasteiger partial charge in [0.05, 0.1) is 23.5 Å². The van der Waals surface area contributed by atoms with Crippen LogP contribution in [0.3, 0.4) is 0 Å². The molecule has 4 rings (SSSR count). The van der Waals surface area contributed by atoms with Crippen molar-refractivity contribution in [2.75, 3.05) is 11.4 Å². The summed E-state index contributed by atoms with van der Waals surface area (Å²) in [5.74, 6) is -0.647. The van der Waals surface area contributed by atoms with Crippen LogP contribution in [0.25, 0.3) is 5.65 Å². The van der Waals surface area contributed by atoms with Crippen LogP contribution in [0.15, 0.2) is 48.8 Å². The van der Waals surface area contributed by atoms with E-state index in [2.05, 4.69) is 20.7 Å². The van der Waals surface area contributed by atoms with Gasteiger partial charge in [0.15, 0.2) is 5.65 Å². The number of anilines is 1. The van der Waals surface area contributed by atoms with E-state index < -0.39 is 6.03 Å². The molecule has 0 spiro atoms. The van der Waals surface area contributed by atoms with Gasteiger partial charge in [-0.25, -0.2) is 14.3 Å². The molecule has 0 saturated carbocycles. The number of carbonyl (C=O) groups is 3. The third-order valence-electron chi connectivity index (χ3n) is 4.30. The van der Waals surface area contributed by atoms with Gasteiger partial charge in [0, 0.05) is 13.0 Å². The molecule has 1 saturated heterocycles. The SMILES string of the molecule is O=C1CCN(c2ccccc2C(=O)NCc2cccc3ncnn23)C(=O)N1. The second kappa shape index (κ2) is 6.87. The fourth-order valence-electron chi connectivity index (χ4n) is 3.00. The number of hydrogen-bond donors (Lipinski definition) is 2. The number of amides is 4. The number of imide groups is 1. The number of rotatable bonds is 4. The van der Waals surface area contributed by atoms with E-state index >= 15 is 0 Å². The number of pyridine rings is 1. The lowest BCUT2D eigenvalue weighted by molar-refractivity contribution is -0.120. The summed E-state index contributed by atoms with van der Waals surface area (Å²) in [6, 6.07) is 11.8. The van der Waals surface area contributed by atoms with Gasteiger partial charge in [-0.3, -0.25) is 19.8 Å². The number of benzene rings is 1. The normalized spacial score (nSPS) is 14.3. The predicted molar refractivity (Wildman–Crippen MR) is 96.1 cm³/mol. The second-order valence-electron chi connectivity index (χ2n) is 6.00. The molecule has 1 aromatic carbocycles. The Morgan fingerprint density at radius 3 is 2.85 bits per heavy atom. The summed E-state index contributed by atoms with van der Waals surface area (Å²) in [5.41, 5.74) is 2.28. The largest absolute Gasteiger partial charge is 0.346 e. The lowest BCUT2D eigenvalue weighted by Crippen LogP contribution is -2.50. The number of urea groups is 1. The molecule has 136 valence electrons. The fraction of sp³-hybridized carbons (Fsp3) is 0.167. The van der Waals surface area contributed by atoms with Crippen molar-refractivity contribution in [3.05, 3.63) is 60.0 Å². The van der Waals surface area contributed by atoms with Crippen LogP contribution in [0.2, 0.25) is 0 Å². The Hall–Kier alpha value is -3.75. The minimum Gasteiger partial charge on any atom is -0.346 e. The summed E-state index contributed by atoms with van der Waals surface area (Å²) in [6.07, 6.45) is 1.64. The van der Waals surface area contributed by atoms with Crippen LogP contribution in [0, 0.1) is 0 Å². The molecule has 1 aliphatic rings. The van der Waals surface area contributed by atoms with E-state index in [-0.39, 0.29) is 31.3 Å². The molecule has 0 radical (unpaired) electrons. The van der Waals surface area contributed by atoms with Crippen molar-refractivity contribution in [1.82, 2.24) is 25.2 Å². The fourth-order valence-corrected chi connectivity index (χ4v) is 3.00. The van der Waals surface area contributed by atoms with Gasteiger partial charge in [-0.05, 0) is 24.3 Å². The molecule has 1 fully saturated rings. The van der Waals surface area contributed by atoms with Crippen LogP contribution in [-0.4, -0.2) is 39.0 Å². The first-order valence-electron chi connectivity index (χ1n) is 8.40. The van der Waals surface area contributed by atoms with Crippen molar-refractivity contribution >= 4 is 29.2 Å². The van der Waals surface area contributed by atoms with Crippen molar-refractivity contribution in [3.8, 4) is 0 Å². The van der Waals surface area contributed by atoms with E-state index in [1.54, 1.807) is 28.8 Å². The van der Waals surface area contributed by atoms with Crippen molar-refractivity contribution in [2.24, 2.45) is 0 Å². The zero-order valence-corrected chi connectivity index (χ0v) is 14.3. The maximum Gasteiger partial charge on any atom is 0.328 e. The van der Waals surface area contributed by atoms with Gasteiger partial charge in [-0.1, -0.05) is 18.2 Å². The van der Waals surface area contributed by atoms with Crippen molar-refractivity contribution in [3.63, 3.8) is 0 Å². The van der Waals surface area contributed by atoms with Crippen LogP contribution < -0.4 is 15.5 Å². The topological polar surface area (TPSA) is 109 Å². The third kappa shape index (κ3) is 3.22. The molecular formula is C18H16N6O3. The summed E-state index contributed by atoms with van der Waals surface area (Å²) in [4.78, 5) is 41.7. The van der Waals surface area contributed by atoms with Gasteiger partial charge in [0.2, 0.25) is 5.91 Å². The highest BCUT2D eigenvalue weighted by atomic mass is 16.2. The Labute approximate surface area is 154 Å². The molecule has 4 amide bonds. The van der Waals surface area contributed by atoms with E-state index in [9.17, 15) is 14.4 Å². The number of fused-ring (bicyclic) bond motifs is 1. The molecule has 0 atom stereocenters. The van der Waals surface area contributed by atoms with Crippen molar-refractivity contribution < 1.29 is 14.4 Å². The minimum absolute atomic E-state index is 0.190. The Bertz CT molecular complexity index is 1040. The number of nitrogens with zero attached hydrogens (tertiary/aromatic N) is 4. The monoisotopic (exact) mass is 364 g/mol. The van der Waals surface area contributed by atoms with Crippen LogP contribution in [0.1, 0.15) is 22.5 Å². The highest BCUT2D eigenvalue weighted by Crippen LogP contribution is 2.22. The van der Waals surface area contributed by atoms with E-state index in [1.165, 1.54) is 11.2 Å². The average Bonchev–Trinajstić information content (AvgIpc) is 3.15. The first kappa shape index (κ1) is 16.7. The standard InChI is InChI=1S/C18H16N6O3/c25-16-8-9-23(18(27)22-16)14-6-2-1-5-13(14)17(26)19-10-12-4-3-7-15-20-11-21-24(12)15/h1-7,11H,8-10H2,(H,19,26)(H,22,25,27). The van der Waals surface area contributed by atoms with E-state index in [4.69, 9.17) is 0 Å². The van der Waals surface area contributed by atoms with Gasteiger partial charge in [-0.2, -0.15) is 5.10 Å². The second-order valence-corrected chi connectivity index (χ2v) is 6.00. The average molecular weight is 364 g/mol. The Balaban J connectivity index is 1.55. The van der Waals surface area contributed by atoms with E-state index in [0.29, 0.717) is 16.9 Å². The van der Waals surface area contributed by atoms with Gasteiger partial charge in [0.25, 0.3) is 5.91 Å². The highest BCUT2D eigenvalue weighted by Gasteiger charge is 2.27. The van der Waals surface area contributed by atoms with Crippen LogP contribution in [0.4, 0.5) is 10.5 Å². The van der Waals surface area contributed by atoms with Gasteiger partial charge in [-0.15, -0.1) is 0 Å². The van der Waals surface area contributed by atoms with E-state index in [0.717, 1.165) is 5.69 Å². The van der Waals surface area contributed by atoms with Crippen LogP contribution >= 0.6 is 0 Å². The molecule has 1 aliphatic heterocycles. The lowest BCUT2D eigenvalue weighted by atomic mass is 10.1. The zero-order valence-electron chi connectivity index (χ0n) is 14.3. The van der Waals surface area contributed by atoms with Gasteiger partial charge in [0.1, 0.15) is 6.33 Å². The molecule has 9 heteroatoms. The molecule has 2 N–H and O–H groups in total. The number of para-hydroxylation sites is 1. The van der Waals surface area contributed by atoms with Crippen molar-refractivity contribution in [1.29, 1.82) is 0 Å². The summed E-state index contributed by atoms with van der Waals surface area (Å²) in [6.45, 7) is 0.478. The van der Waals surface area contributed by atoms with Crippen LogP contribution in [0.5, 0.6) is 0 Å². The molecule has 27 heavy (non-hydrogen) atoms. The Morgan fingerprint density at radius 2 is 2.00 bits per heavy atom. The first-order chi connectivity index (χ1) is 13.1. The zero-order chi connectivity index (χ0) is 18.8.